The Morgan fingerprint density at radius 1 is 1.19 bits per heavy atom. The molecule has 1 aromatic carbocycles. The lowest BCUT2D eigenvalue weighted by atomic mass is 10.1. The number of benzene rings is 1. The number of amides is 1. The highest BCUT2D eigenvalue weighted by Gasteiger charge is 2.34. The van der Waals surface area contributed by atoms with E-state index in [-0.39, 0.29) is 17.6 Å². The van der Waals surface area contributed by atoms with Crippen LogP contribution in [-0.4, -0.2) is 37.1 Å². The first kappa shape index (κ1) is 16.4. The lowest BCUT2D eigenvalue weighted by molar-refractivity contribution is -0.128. The van der Waals surface area contributed by atoms with Crippen LogP contribution < -0.4 is 0 Å². The van der Waals surface area contributed by atoms with Crippen molar-refractivity contribution in [2.75, 3.05) is 6.54 Å². The van der Waals surface area contributed by atoms with Gasteiger partial charge in [-0.05, 0) is 31.2 Å². The van der Waals surface area contributed by atoms with Gasteiger partial charge in [-0.2, -0.15) is 5.10 Å². The van der Waals surface area contributed by atoms with E-state index in [0.717, 1.165) is 5.69 Å². The van der Waals surface area contributed by atoms with E-state index in [2.05, 4.69) is 15.1 Å². The Labute approximate surface area is 150 Å². The number of aromatic nitrogens is 4. The van der Waals surface area contributed by atoms with Crippen LogP contribution >= 0.6 is 0 Å². The fourth-order valence-electron chi connectivity index (χ4n) is 3.28. The number of nitrogens with zero attached hydrogens (tertiary/aromatic N) is 5. The third-order valence-electron chi connectivity index (χ3n) is 4.48. The Hall–Kier alpha value is -3.09. The summed E-state index contributed by atoms with van der Waals surface area (Å²) in [7, 11) is 0. The summed E-state index contributed by atoms with van der Waals surface area (Å²) in [4.78, 5) is 23.0. The first-order valence-electron chi connectivity index (χ1n) is 8.48. The minimum atomic E-state index is -0.367. The summed E-state index contributed by atoms with van der Waals surface area (Å²) in [5.41, 5.74) is 1.19. The molecule has 0 aliphatic carbocycles. The van der Waals surface area contributed by atoms with Crippen molar-refractivity contribution in [2.24, 2.45) is 0 Å². The standard InChI is InChI=1S/C19H18FN5O/c1-13-22-19(25(23-13)17-8-3-2-7-16(17)20)14-10-18(26)24(11-14)12-15-6-4-5-9-21-15/h2-9,14H,10-12H2,1H3/t14-/m1/s1. The van der Waals surface area contributed by atoms with Crippen molar-refractivity contribution in [2.45, 2.75) is 25.8 Å². The molecule has 0 N–H and O–H groups in total. The van der Waals surface area contributed by atoms with Crippen LogP contribution in [0.15, 0.2) is 48.7 Å². The Balaban J connectivity index is 1.61. The molecule has 0 spiro atoms. The van der Waals surface area contributed by atoms with Crippen molar-refractivity contribution in [3.63, 3.8) is 0 Å². The Bertz CT molecular complexity index is 940. The lowest BCUT2D eigenvalue weighted by Crippen LogP contribution is -2.25. The molecule has 7 heteroatoms. The molecule has 6 nitrogen and oxygen atoms in total. The zero-order chi connectivity index (χ0) is 18.1. The molecule has 26 heavy (non-hydrogen) atoms. The predicted molar refractivity (Wildman–Crippen MR) is 93.1 cm³/mol. The van der Waals surface area contributed by atoms with E-state index >= 15 is 0 Å². The minimum Gasteiger partial charge on any atom is -0.336 e. The maximum Gasteiger partial charge on any atom is 0.223 e. The molecular weight excluding hydrogens is 333 g/mol. The second kappa shape index (κ2) is 6.67. The lowest BCUT2D eigenvalue weighted by Gasteiger charge is -2.16. The molecule has 0 unspecified atom stereocenters. The summed E-state index contributed by atoms with van der Waals surface area (Å²) >= 11 is 0. The Morgan fingerprint density at radius 2 is 2.00 bits per heavy atom. The highest BCUT2D eigenvalue weighted by atomic mass is 19.1. The molecule has 1 amide bonds. The third kappa shape index (κ3) is 3.08. The number of hydrogen-bond acceptors (Lipinski definition) is 4. The molecule has 0 bridgehead atoms. The zero-order valence-corrected chi connectivity index (χ0v) is 14.3. The van der Waals surface area contributed by atoms with Gasteiger partial charge < -0.3 is 4.90 Å². The van der Waals surface area contributed by atoms with Crippen molar-refractivity contribution >= 4 is 5.91 Å². The van der Waals surface area contributed by atoms with E-state index in [1.54, 1.807) is 36.2 Å². The van der Waals surface area contributed by atoms with Crippen LogP contribution in [0.25, 0.3) is 5.69 Å². The monoisotopic (exact) mass is 351 g/mol. The van der Waals surface area contributed by atoms with Crippen molar-refractivity contribution < 1.29 is 9.18 Å². The molecule has 3 heterocycles. The predicted octanol–water partition coefficient (Wildman–Crippen LogP) is 2.63. The van der Waals surface area contributed by atoms with E-state index in [9.17, 15) is 9.18 Å². The van der Waals surface area contributed by atoms with E-state index < -0.39 is 0 Å². The number of hydrogen-bond donors (Lipinski definition) is 0. The van der Waals surface area contributed by atoms with E-state index in [0.29, 0.717) is 36.8 Å². The molecule has 132 valence electrons. The van der Waals surface area contributed by atoms with Gasteiger partial charge in [-0.3, -0.25) is 9.78 Å². The molecule has 1 aliphatic rings. The van der Waals surface area contributed by atoms with Gasteiger partial charge in [0.05, 0.1) is 12.2 Å². The van der Waals surface area contributed by atoms with Crippen LogP contribution in [0.3, 0.4) is 0 Å². The summed E-state index contributed by atoms with van der Waals surface area (Å²) in [5, 5.41) is 4.34. The summed E-state index contributed by atoms with van der Waals surface area (Å²) in [6.45, 7) is 2.74. The van der Waals surface area contributed by atoms with Crippen molar-refractivity contribution in [3.8, 4) is 5.69 Å². The molecule has 1 fully saturated rings. The minimum absolute atomic E-state index is 0.0430. The molecule has 2 aromatic heterocycles. The Kier molecular flexibility index (Phi) is 4.20. The molecule has 0 saturated carbocycles. The normalized spacial score (nSPS) is 17.1. The Morgan fingerprint density at radius 3 is 2.77 bits per heavy atom. The second-order valence-corrected chi connectivity index (χ2v) is 6.38. The van der Waals surface area contributed by atoms with Gasteiger partial charge in [-0.15, -0.1) is 0 Å². The average Bonchev–Trinajstić information content (AvgIpc) is 3.19. The molecule has 0 radical (unpaired) electrons. The molecule has 4 rings (SSSR count). The van der Waals surface area contributed by atoms with Crippen LogP contribution in [0.4, 0.5) is 4.39 Å². The number of carbonyl (C=O) groups is 1. The second-order valence-electron chi connectivity index (χ2n) is 6.38. The maximum atomic E-state index is 14.2. The van der Waals surface area contributed by atoms with Crippen molar-refractivity contribution in [1.82, 2.24) is 24.6 Å². The topological polar surface area (TPSA) is 63.9 Å². The van der Waals surface area contributed by atoms with Crippen LogP contribution in [0.5, 0.6) is 0 Å². The van der Waals surface area contributed by atoms with Crippen molar-refractivity contribution in [1.29, 1.82) is 0 Å². The SMILES string of the molecule is Cc1nc([C@@H]2CC(=O)N(Cc3ccccn3)C2)n(-c2ccccc2F)n1. The van der Waals surface area contributed by atoms with E-state index in [1.807, 2.05) is 18.2 Å². The molecule has 3 aromatic rings. The van der Waals surface area contributed by atoms with Gasteiger partial charge in [0.1, 0.15) is 23.2 Å². The number of carbonyl (C=O) groups excluding carboxylic acids is 1. The smallest absolute Gasteiger partial charge is 0.223 e. The first-order chi connectivity index (χ1) is 12.6. The third-order valence-corrected chi connectivity index (χ3v) is 4.48. The number of likely N-dealkylation sites (tertiary alicyclic amines) is 1. The van der Waals surface area contributed by atoms with Gasteiger partial charge >= 0.3 is 0 Å². The van der Waals surface area contributed by atoms with E-state index in [1.165, 1.54) is 10.7 Å². The van der Waals surface area contributed by atoms with Gasteiger partial charge in [0, 0.05) is 25.1 Å². The molecular formula is C19H18FN5O. The van der Waals surface area contributed by atoms with Crippen LogP contribution in [-0.2, 0) is 11.3 Å². The van der Waals surface area contributed by atoms with Gasteiger partial charge in [-0.25, -0.2) is 14.1 Å². The summed E-state index contributed by atoms with van der Waals surface area (Å²) in [5.74, 6) is 0.713. The first-order valence-corrected chi connectivity index (χ1v) is 8.48. The van der Waals surface area contributed by atoms with Crippen LogP contribution in [0, 0.1) is 12.7 Å². The number of pyridine rings is 1. The van der Waals surface area contributed by atoms with Gasteiger partial charge in [0.15, 0.2) is 0 Å². The molecule has 1 saturated heterocycles. The fraction of sp³-hybridized carbons (Fsp3) is 0.263. The summed E-state index contributed by atoms with van der Waals surface area (Å²) in [6, 6.07) is 12.1. The number of rotatable bonds is 4. The zero-order valence-electron chi connectivity index (χ0n) is 14.3. The van der Waals surface area contributed by atoms with Gasteiger partial charge in [0.2, 0.25) is 5.91 Å². The van der Waals surface area contributed by atoms with E-state index in [4.69, 9.17) is 0 Å². The molecule has 1 atom stereocenters. The highest BCUT2D eigenvalue weighted by Crippen LogP contribution is 2.30. The van der Waals surface area contributed by atoms with Crippen LogP contribution in [0.2, 0.25) is 0 Å². The fourth-order valence-corrected chi connectivity index (χ4v) is 3.28. The molecule has 1 aliphatic heterocycles. The van der Waals surface area contributed by atoms with Crippen LogP contribution in [0.1, 0.15) is 29.7 Å². The average molecular weight is 351 g/mol. The summed E-state index contributed by atoms with van der Waals surface area (Å²) < 4.78 is 15.7. The van der Waals surface area contributed by atoms with Gasteiger partial charge in [-0.1, -0.05) is 18.2 Å². The van der Waals surface area contributed by atoms with Crippen molar-refractivity contribution in [3.05, 3.63) is 71.8 Å². The number of para-hydroxylation sites is 1. The van der Waals surface area contributed by atoms with Gasteiger partial charge in [0.25, 0.3) is 0 Å². The summed E-state index contributed by atoms with van der Waals surface area (Å²) in [6.07, 6.45) is 2.05. The maximum absolute atomic E-state index is 14.2. The quantitative estimate of drug-likeness (QED) is 0.725. The number of halogens is 1. The highest BCUT2D eigenvalue weighted by molar-refractivity contribution is 5.79. The largest absolute Gasteiger partial charge is 0.336 e. The number of aryl methyl sites for hydroxylation is 1.